The molecule has 1 aromatic heterocycles. The maximum absolute atomic E-state index is 9.69. The fraction of sp³-hybridized carbons (Fsp3) is 0.706. The molecule has 4 aliphatic rings. The Hall–Kier alpha value is -1.23. The average Bonchev–Trinajstić information content (AvgIpc) is 2.87. The number of hydrogen-bond acceptors (Lipinski definition) is 2. The van der Waals surface area contributed by atoms with E-state index in [4.69, 9.17) is 4.42 Å². The van der Waals surface area contributed by atoms with Gasteiger partial charge in [0.05, 0.1) is 18.3 Å². The summed E-state index contributed by atoms with van der Waals surface area (Å²) in [5.41, 5.74) is 0.316. The number of rotatable bonds is 3. The molecule has 5 rings (SSSR count). The van der Waals surface area contributed by atoms with Crippen LogP contribution in [0, 0.1) is 40.4 Å². The third kappa shape index (κ3) is 1.83. The molecule has 1 heterocycles. The molecule has 100 valence electrons. The Morgan fingerprint density at radius 3 is 2.32 bits per heavy atom. The van der Waals surface area contributed by atoms with Gasteiger partial charge in [-0.1, -0.05) is 0 Å². The summed E-state index contributed by atoms with van der Waals surface area (Å²) in [7, 11) is 0. The van der Waals surface area contributed by atoms with Gasteiger partial charge in [0.25, 0.3) is 0 Å². The van der Waals surface area contributed by atoms with E-state index < -0.39 is 0 Å². The van der Waals surface area contributed by atoms with Gasteiger partial charge in [-0.15, -0.1) is 0 Å². The minimum Gasteiger partial charge on any atom is -0.469 e. The Morgan fingerprint density at radius 2 is 1.84 bits per heavy atom. The highest BCUT2D eigenvalue weighted by Crippen LogP contribution is 2.63. The van der Waals surface area contributed by atoms with Gasteiger partial charge in [-0.05, 0) is 73.8 Å². The lowest BCUT2D eigenvalue weighted by atomic mass is 9.46. The summed E-state index contributed by atoms with van der Waals surface area (Å²) in [6.45, 7) is 0. The van der Waals surface area contributed by atoms with E-state index in [1.807, 2.05) is 12.1 Å². The van der Waals surface area contributed by atoms with E-state index in [2.05, 4.69) is 6.07 Å². The highest BCUT2D eigenvalue weighted by molar-refractivity contribution is 5.12. The van der Waals surface area contributed by atoms with Crippen LogP contribution in [-0.2, 0) is 6.42 Å². The van der Waals surface area contributed by atoms with Gasteiger partial charge in [0.2, 0.25) is 0 Å². The standard InChI is InChI=1S/C17H21NO/c18-11-15(7-16-2-1-3-19-16)17-8-12-4-13(9-17)6-14(5-12)10-17/h1-3,12-15H,4-10H2. The zero-order chi connectivity index (χ0) is 12.9. The van der Waals surface area contributed by atoms with E-state index in [-0.39, 0.29) is 5.92 Å². The van der Waals surface area contributed by atoms with E-state index in [0.29, 0.717) is 5.41 Å². The number of furan rings is 1. The normalized spacial score (nSPS) is 41.1. The van der Waals surface area contributed by atoms with Gasteiger partial charge in [-0.3, -0.25) is 0 Å². The fourth-order valence-electron chi connectivity index (χ4n) is 5.63. The highest BCUT2D eigenvalue weighted by atomic mass is 16.3. The molecule has 4 aliphatic carbocycles. The molecule has 2 nitrogen and oxygen atoms in total. The predicted octanol–water partition coefficient (Wildman–Crippen LogP) is 4.18. The number of hydrogen-bond donors (Lipinski definition) is 0. The van der Waals surface area contributed by atoms with E-state index >= 15 is 0 Å². The molecule has 0 amide bonds. The van der Waals surface area contributed by atoms with E-state index in [0.717, 1.165) is 29.9 Å². The zero-order valence-electron chi connectivity index (χ0n) is 11.3. The minimum atomic E-state index is 0.159. The van der Waals surface area contributed by atoms with Crippen LogP contribution in [0.25, 0.3) is 0 Å². The molecule has 0 spiro atoms. The van der Waals surface area contributed by atoms with Gasteiger partial charge >= 0.3 is 0 Å². The summed E-state index contributed by atoms with van der Waals surface area (Å²) in [5, 5.41) is 9.69. The van der Waals surface area contributed by atoms with Gasteiger partial charge in [0, 0.05) is 6.42 Å². The second-order valence-electron chi connectivity index (χ2n) is 7.25. The van der Waals surface area contributed by atoms with E-state index in [9.17, 15) is 5.26 Å². The summed E-state index contributed by atoms with van der Waals surface area (Å²) in [6, 6.07) is 6.59. The molecule has 4 saturated carbocycles. The van der Waals surface area contributed by atoms with Crippen molar-refractivity contribution in [1.82, 2.24) is 0 Å². The summed E-state index contributed by atoms with van der Waals surface area (Å²) in [6.07, 6.45) is 10.8. The molecule has 2 heteroatoms. The molecule has 0 aromatic carbocycles. The summed E-state index contributed by atoms with van der Waals surface area (Å²) in [5.74, 6) is 3.89. The maximum atomic E-state index is 9.69. The first-order valence-corrected chi connectivity index (χ1v) is 7.69. The zero-order valence-corrected chi connectivity index (χ0v) is 11.3. The van der Waals surface area contributed by atoms with Crippen molar-refractivity contribution in [3.05, 3.63) is 24.2 Å². The molecule has 1 unspecified atom stereocenters. The van der Waals surface area contributed by atoms with Crippen LogP contribution in [0.3, 0.4) is 0 Å². The van der Waals surface area contributed by atoms with Crippen LogP contribution in [0.15, 0.2) is 22.8 Å². The molecule has 1 aromatic rings. The average molecular weight is 255 g/mol. The SMILES string of the molecule is N#CC(Cc1ccco1)C12CC3CC(CC(C3)C1)C2. The molecule has 0 aliphatic heterocycles. The van der Waals surface area contributed by atoms with Gasteiger partial charge < -0.3 is 4.42 Å². The van der Waals surface area contributed by atoms with Crippen molar-refractivity contribution >= 4 is 0 Å². The predicted molar refractivity (Wildman–Crippen MR) is 72.1 cm³/mol. The summed E-state index contributed by atoms with van der Waals surface area (Å²) in [4.78, 5) is 0. The summed E-state index contributed by atoms with van der Waals surface area (Å²) < 4.78 is 5.48. The molecule has 4 bridgehead atoms. The Kier molecular flexibility index (Phi) is 2.52. The Labute approximate surface area is 114 Å². The van der Waals surface area contributed by atoms with Crippen LogP contribution >= 0.6 is 0 Å². The molecule has 4 fully saturated rings. The molecule has 0 N–H and O–H groups in total. The Balaban J connectivity index is 1.61. The lowest BCUT2D eigenvalue weighted by molar-refractivity contribution is -0.0752. The smallest absolute Gasteiger partial charge is 0.105 e. The maximum Gasteiger partial charge on any atom is 0.105 e. The van der Waals surface area contributed by atoms with Crippen molar-refractivity contribution in [2.24, 2.45) is 29.1 Å². The first-order chi connectivity index (χ1) is 9.27. The second-order valence-corrected chi connectivity index (χ2v) is 7.25. The lowest BCUT2D eigenvalue weighted by Gasteiger charge is -2.58. The van der Waals surface area contributed by atoms with Gasteiger partial charge in [-0.25, -0.2) is 0 Å². The van der Waals surface area contributed by atoms with Crippen LogP contribution in [0.4, 0.5) is 0 Å². The van der Waals surface area contributed by atoms with E-state index in [1.165, 1.54) is 38.5 Å². The summed E-state index contributed by atoms with van der Waals surface area (Å²) >= 11 is 0. The minimum absolute atomic E-state index is 0.159. The van der Waals surface area contributed by atoms with Crippen LogP contribution < -0.4 is 0 Å². The second kappa shape index (κ2) is 4.13. The first kappa shape index (κ1) is 11.6. The molecule has 0 saturated heterocycles. The topological polar surface area (TPSA) is 36.9 Å². The van der Waals surface area contributed by atoms with Crippen LogP contribution in [-0.4, -0.2) is 0 Å². The van der Waals surface area contributed by atoms with Crippen molar-refractivity contribution in [3.8, 4) is 6.07 Å². The van der Waals surface area contributed by atoms with Crippen molar-refractivity contribution in [1.29, 1.82) is 5.26 Å². The van der Waals surface area contributed by atoms with Crippen LogP contribution in [0.5, 0.6) is 0 Å². The fourth-order valence-corrected chi connectivity index (χ4v) is 5.63. The third-order valence-electron chi connectivity index (χ3n) is 5.97. The first-order valence-electron chi connectivity index (χ1n) is 7.69. The lowest BCUT2D eigenvalue weighted by Crippen LogP contribution is -2.49. The van der Waals surface area contributed by atoms with Crippen LogP contribution in [0.1, 0.15) is 44.3 Å². The van der Waals surface area contributed by atoms with Crippen molar-refractivity contribution < 1.29 is 4.42 Å². The Bertz CT molecular complexity index is 461. The largest absolute Gasteiger partial charge is 0.469 e. The highest BCUT2D eigenvalue weighted by Gasteiger charge is 2.54. The van der Waals surface area contributed by atoms with Gasteiger partial charge in [0.1, 0.15) is 5.76 Å². The number of nitriles is 1. The molecule has 19 heavy (non-hydrogen) atoms. The molecule has 0 radical (unpaired) electrons. The van der Waals surface area contributed by atoms with Crippen molar-refractivity contribution in [2.75, 3.05) is 0 Å². The third-order valence-corrected chi connectivity index (χ3v) is 5.97. The van der Waals surface area contributed by atoms with Gasteiger partial charge in [-0.2, -0.15) is 5.26 Å². The molecular formula is C17H21NO. The molecular weight excluding hydrogens is 234 g/mol. The van der Waals surface area contributed by atoms with Crippen molar-refractivity contribution in [3.63, 3.8) is 0 Å². The quantitative estimate of drug-likeness (QED) is 0.812. The van der Waals surface area contributed by atoms with Crippen LogP contribution in [0.2, 0.25) is 0 Å². The Morgan fingerprint density at radius 1 is 1.21 bits per heavy atom. The monoisotopic (exact) mass is 255 g/mol. The van der Waals surface area contributed by atoms with Crippen molar-refractivity contribution in [2.45, 2.75) is 44.9 Å². The van der Waals surface area contributed by atoms with Gasteiger partial charge in [0.15, 0.2) is 0 Å². The molecule has 1 atom stereocenters. The van der Waals surface area contributed by atoms with E-state index in [1.54, 1.807) is 6.26 Å². The number of nitrogens with zero attached hydrogens (tertiary/aromatic N) is 1.